The SMILES string of the molecule is CC(C)Cc1ccc(C(=O)C2CCN(C(=O)CN(C)C(=O)[C@@H](C)n3cccn3)CC2)cc1. The Morgan fingerprint density at radius 3 is 2.31 bits per heavy atom. The molecular formula is C25H34N4O3. The molecule has 3 rings (SSSR count). The lowest BCUT2D eigenvalue weighted by Crippen LogP contribution is -2.46. The number of nitrogens with zero attached hydrogens (tertiary/aromatic N) is 4. The summed E-state index contributed by atoms with van der Waals surface area (Å²) in [6.07, 6.45) is 5.67. The quantitative estimate of drug-likeness (QED) is 0.593. The van der Waals surface area contributed by atoms with E-state index in [0.717, 1.165) is 12.0 Å². The van der Waals surface area contributed by atoms with Gasteiger partial charge in [0.05, 0.1) is 6.54 Å². The summed E-state index contributed by atoms with van der Waals surface area (Å²) < 4.78 is 1.58. The van der Waals surface area contributed by atoms with E-state index < -0.39 is 6.04 Å². The van der Waals surface area contributed by atoms with Gasteiger partial charge in [0.15, 0.2) is 5.78 Å². The van der Waals surface area contributed by atoms with Gasteiger partial charge in [0.25, 0.3) is 0 Å². The highest BCUT2D eigenvalue weighted by Gasteiger charge is 2.29. The van der Waals surface area contributed by atoms with Crippen molar-refractivity contribution in [3.05, 3.63) is 53.9 Å². The molecule has 1 aromatic heterocycles. The standard InChI is InChI=1S/C25H34N4O3/c1-18(2)16-20-6-8-21(9-7-20)24(31)22-10-14-28(15-11-22)23(30)17-27(4)25(32)19(3)29-13-5-12-26-29/h5-9,12-13,18-19,22H,10-11,14-17H2,1-4H3/t19-/m1/s1. The van der Waals surface area contributed by atoms with Gasteiger partial charge in [0.2, 0.25) is 11.8 Å². The van der Waals surface area contributed by atoms with Gasteiger partial charge in [-0.15, -0.1) is 0 Å². The van der Waals surface area contributed by atoms with Gasteiger partial charge in [0.1, 0.15) is 6.04 Å². The van der Waals surface area contributed by atoms with Crippen LogP contribution in [0.2, 0.25) is 0 Å². The molecule has 2 aromatic rings. The molecule has 0 N–H and O–H groups in total. The number of likely N-dealkylation sites (N-methyl/N-ethyl adjacent to an activating group) is 1. The monoisotopic (exact) mass is 438 g/mol. The second kappa shape index (κ2) is 10.6. The fourth-order valence-electron chi connectivity index (χ4n) is 4.23. The average molecular weight is 439 g/mol. The first kappa shape index (κ1) is 23.7. The molecule has 7 nitrogen and oxygen atoms in total. The summed E-state index contributed by atoms with van der Waals surface area (Å²) in [5.74, 6) is 0.440. The zero-order valence-electron chi connectivity index (χ0n) is 19.5. The van der Waals surface area contributed by atoms with Crippen molar-refractivity contribution in [3.63, 3.8) is 0 Å². The summed E-state index contributed by atoms with van der Waals surface area (Å²) in [7, 11) is 1.64. The molecule has 0 saturated carbocycles. The molecule has 1 fully saturated rings. The van der Waals surface area contributed by atoms with Crippen LogP contribution in [0, 0.1) is 11.8 Å². The molecule has 0 unspecified atom stereocenters. The lowest BCUT2D eigenvalue weighted by Gasteiger charge is -2.33. The summed E-state index contributed by atoms with van der Waals surface area (Å²) in [6.45, 7) is 7.24. The van der Waals surface area contributed by atoms with Gasteiger partial charge in [0, 0.05) is 44.0 Å². The zero-order valence-corrected chi connectivity index (χ0v) is 19.5. The van der Waals surface area contributed by atoms with Crippen molar-refractivity contribution in [1.29, 1.82) is 0 Å². The number of piperidine rings is 1. The lowest BCUT2D eigenvalue weighted by atomic mass is 9.88. The normalized spacial score (nSPS) is 15.6. The number of ketones is 1. The zero-order chi connectivity index (χ0) is 23.3. The first-order valence-electron chi connectivity index (χ1n) is 11.4. The summed E-state index contributed by atoms with van der Waals surface area (Å²) in [6, 6.07) is 9.25. The Labute approximate surface area is 190 Å². The third-order valence-electron chi connectivity index (χ3n) is 6.13. The third-order valence-corrected chi connectivity index (χ3v) is 6.13. The lowest BCUT2D eigenvalue weighted by molar-refractivity contribution is -0.141. The summed E-state index contributed by atoms with van der Waals surface area (Å²) in [5, 5.41) is 4.10. The molecule has 32 heavy (non-hydrogen) atoms. The minimum absolute atomic E-state index is 0.0281. The van der Waals surface area contributed by atoms with E-state index in [1.54, 1.807) is 42.0 Å². The Morgan fingerprint density at radius 2 is 1.75 bits per heavy atom. The van der Waals surface area contributed by atoms with Crippen LogP contribution >= 0.6 is 0 Å². The highest BCUT2D eigenvalue weighted by atomic mass is 16.2. The van der Waals surface area contributed by atoms with Crippen LogP contribution in [0.1, 0.15) is 55.6 Å². The summed E-state index contributed by atoms with van der Waals surface area (Å²) >= 11 is 0. The van der Waals surface area contributed by atoms with E-state index in [9.17, 15) is 14.4 Å². The minimum atomic E-state index is -0.460. The number of carbonyl (C=O) groups excluding carboxylic acids is 3. The molecule has 0 aliphatic carbocycles. The third kappa shape index (κ3) is 5.84. The van der Waals surface area contributed by atoms with Crippen LogP contribution in [-0.4, -0.2) is 63.9 Å². The maximum atomic E-state index is 12.9. The summed E-state index contributed by atoms with van der Waals surface area (Å²) in [5.41, 5.74) is 2.00. The largest absolute Gasteiger partial charge is 0.341 e. The van der Waals surface area contributed by atoms with Crippen LogP contribution < -0.4 is 0 Å². The van der Waals surface area contributed by atoms with Crippen LogP contribution in [0.15, 0.2) is 42.7 Å². The molecule has 7 heteroatoms. The van der Waals surface area contributed by atoms with E-state index in [0.29, 0.717) is 31.8 Å². The molecule has 2 heterocycles. The van der Waals surface area contributed by atoms with E-state index >= 15 is 0 Å². The van der Waals surface area contributed by atoms with Gasteiger partial charge in [-0.1, -0.05) is 38.1 Å². The van der Waals surface area contributed by atoms with Crippen LogP contribution in [0.4, 0.5) is 0 Å². The van der Waals surface area contributed by atoms with Crippen molar-refractivity contribution in [1.82, 2.24) is 19.6 Å². The number of aromatic nitrogens is 2. The number of hydrogen-bond donors (Lipinski definition) is 0. The molecule has 0 bridgehead atoms. The van der Waals surface area contributed by atoms with Gasteiger partial charge in [-0.3, -0.25) is 19.1 Å². The molecule has 2 amide bonds. The maximum Gasteiger partial charge on any atom is 0.247 e. The van der Waals surface area contributed by atoms with Crippen molar-refractivity contribution in [2.75, 3.05) is 26.7 Å². The first-order chi connectivity index (χ1) is 15.3. The van der Waals surface area contributed by atoms with Crippen molar-refractivity contribution >= 4 is 17.6 Å². The minimum Gasteiger partial charge on any atom is -0.341 e. The molecule has 1 aliphatic rings. The van der Waals surface area contributed by atoms with Crippen molar-refractivity contribution < 1.29 is 14.4 Å². The predicted octanol–water partition coefficient (Wildman–Crippen LogP) is 3.22. The highest BCUT2D eigenvalue weighted by Crippen LogP contribution is 2.23. The van der Waals surface area contributed by atoms with Gasteiger partial charge in [-0.2, -0.15) is 5.10 Å². The van der Waals surface area contributed by atoms with E-state index in [1.807, 2.05) is 24.3 Å². The van der Waals surface area contributed by atoms with Crippen LogP contribution in [-0.2, 0) is 16.0 Å². The number of benzene rings is 1. The number of rotatable bonds is 8. The number of likely N-dealkylation sites (tertiary alicyclic amines) is 1. The van der Waals surface area contributed by atoms with Gasteiger partial charge >= 0.3 is 0 Å². The molecule has 1 atom stereocenters. The Hall–Kier alpha value is -2.96. The first-order valence-corrected chi connectivity index (χ1v) is 11.4. The van der Waals surface area contributed by atoms with Crippen LogP contribution in [0.5, 0.6) is 0 Å². The van der Waals surface area contributed by atoms with E-state index in [4.69, 9.17) is 0 Å². The van der Waals surface area contributed by atoms with E-state index in [1.165, 1.54) is 10.5 Å². The molecule has 0 radical (unpaired) electrons. The second-order valence-corrected chi connectivity index (χ2v) is 9.17. The molecule has 1 aromatic carbocycles. The van der Waals surface area contributed by atoms with Gasteiger partial charge in [-0.05, 0) is 43.7 Å². The smallest absolute Gasteiger partial charge is 0.247 e. The average Bonchev–Trinajstić information content (AvgIpc) is 3.32. The van der Waals surface area contributed by atoms with E-state index in [-0.39, 0.29) is 30.1 Å². The topological polar surface area (TPSA) is 75.5 Å². The Bertz CT molecular complexity index is 913. The second-order valence-electron chi connectivity index (χ2n) is 9.17. The fourth-order valence-corrected chi connectivity index (χ4v) is 4.23. The molecule has 172 valence electrons. The molecule has 0 spiro atoms. The summed E-state index contributed by atoms with van der Waals surface area (Å²) in [4.78, 5) is 41.4. The Balaban J connectivity index is 1.48. The fraction of sp³-hybridized carbons (Fsp3) is 0.520. The molecule has 1 saturated heterocycles. The number of hydrogen-bond acceptors (Lipinski definition) is 4. The van der Waals surface area contributed by atoms with Crippen molar-refractivity contribution in [2.45, 2.75) is 46.1 Å². The van der Waals surface area contributed by atoms with Crippen LogP contribution in [0.3, 0.4) is 0 Å². The number of amides is 2. The number of Topliss-reactive ketones (excluding diaryl/α,β-unsaturated/α-hetero) is 1. The predicted molar refractivity (Wildman–Crippen MR) is 123 cm³/mol. The van der Waals surface area contributed by atoms with Crippen LogP contribution in [0.25, 0.3) is 0 Å². The van der Waals surface area contributed by atoms with Crippen molar-refractivity contribution in [2.24, 2.45) is 11.8 Å². The maximum absolute atomic E-state index is 12.9. The van der Waals surface area contributed by atoms with Gasteiger partial charge < -0.3 is 9.80 Å². The molecule has 1 aliphatic heterocycles. The van der Waals surface area contributed by atoms with E-state index in [2.05, 4.69) is 18.9 Å². The van der Waals surface area contributed by atoms with Crippen molar-refractivity contribution in [3.8, 4) is 0 Å². The Kier molecular flexibility index (Phi) is 7.83. The Morgan fingerprint density at radius 1 is 1.09 bits per heavy atom. The highest BCUT2D eigenvalue weighted by molar-refractivity contribution is 5.98. The van der Waals surface area contributed by atoms with Gasteiger partial charge in [-0.25, -0.2) is 0 Å². The number of carbonyl (C=O) groups is 3. The molecular weight excluding hydrogens is 404 g/mol.